The highest BCUT2D eigenvalue weighted by atomic mass is 35.5. The summed E-state index contributed by atoms with van der Waals surface area (Å²) >= 11 is 5.90. The van der Waals surface area contributed by atoms with Gasteiger partial charge in [-0.15, -0.1) is 10.2 Å². The molecule has 1 unspecified atom stereocenters. The lowest BCUT2D eigenvalue weighted by atomic mass is 10.0. The van der Waals surface area contributed by atoms with Crippen molar-refractivity contribution in [2.75, 3.05) is 39.3 Å². The van der Waals surface area contributed by atoms with Crippen molar-refractivity contribution < 1.29 is 9.53 Å². The summed E-state index contributed by atoms with van der Waals surface area (Å²) in [5.41, 5.74) is 1.27. The fourth-order valence-electron chi connectivity index (χ4n) is 4.16. The number of ketones is 1. The molecule has 1 aliphatic rings. The third-order valence-electron chi connectivity index (χ3n) is 6.30. The number of carbonyl (C=O) groups excluding carboxylic acids is 1. The lowest BCUT2D eigenvalue weighted by Gasteiger charge is -2.37. The van der Waals surface area contributed by atoms with Crippen LogP contribution in [0.4, 0.5) is 0 Å². The van der Waals surface area contributed by atoms with E-state index in [1.165, 1.54) is 0 Å². The maximum Gasteiger partial charge on any atom is 0.193 e. The van der Waals surface area contributed by atoms with E-state index in [-0.39, 0.29) is 11.8 Å². The first-order chi connectivity index (χ1) is 16.6. The Balaban J connectivity index is 1.09. The number of aromatic nitrogens is 4. The summed E-state index contributed by atoms with van der Waals surface area (Å²) in [7, 11) is 0. The van der Waals surface area contributed by atoms with E-state index < -0.39 is 0 Å². The average Bonchev–Trinajstić information content (AvgIpc) is 3.42. The molecule has 0 aliphatic carbocycles. The fraction of sp³-hybridized carbons (Fsp3) is 0.440. The van der Waals surface area contributed by atoms with Gasteiger partial charge in [0.25, 0.3) is 0 Å². The van der Waals surface area contributed by atoms with Gasteiger partial charge in [-0.2, -0.15) is 5.21 Å². The number of aromatic amines is 1. The quantitative estimate of drug-likeness (QED) is 0.326. The van der Waals surface area contributed by atoms with Crippen LogP contribution in [0.15, 0.2) is 48.5 Å². The van der Waals surface area contributed by atoms with Gasteiger partial charge < -0.3 is 9.64 Å². The Morgan fingerprint density at radius 2 is 1.68 bits per heavy atom. The van der Waals surface area contributed by atoms with Gasteiger partial charge in [-0.1, -0.05) is 16.8 Å². The van der Waals surface area contributed by atoms with Gasteiger partial charge in [-0.05, 0) is 81.3 Å². The van der Waals surface area contributed by atoms with Gasteiger partial charge in [0.1, 0.15) is 5.75 Å². The lowest BCUT2D eigenvalue weighted by Crippen LogP contribution is -2.47. The van der Waals surface area contributed by atoms with Gasteiger partial charge in [0, 0.05) is 42.3 Å². The number of piperazine rings is 1. The van der Waals surface area contributed by atoms with Crippen LogP contribution in [0.1, 0.15) is 54.0 Å². The van der Waals surface area contributed by atoms with Crippen molar-refractivity contribution in [3.8, 4) is 5.75 Å². The molecule has 0 spiro atoms. The molecular formula is C25H31ClN6O2. The van der Waals surface area contributed by atoms with Gasteiger partial charge in [0.05, 0.1) is 12.6 Å². The van der Waals surface area contributed by atoms with Gasteiger partial charge in [0.15, 0.2) is 11.6 Å². The molecular weight excluding hydrogens is 452 g/mol. The highest BCUT2D eigenvalue weighted by Gasteiger charge is 2.24. The Morgan fingerprint density at radius 3 is 2.32 bits per heavy atom. The molecule has 1 fully saturated rings. The predicted molar refractivity (Wildman–Crippen MR) is 131 cm³/mol. The van der Waals surface area contributed by atoms with Gasteiger partial charge in [-0.25, -0.2) is 0 Å². The Bertz CT molecular complexity index is 1020. The van der Waals surface area contributed by atoms with E-state index in [0.29, 0.717) is 22.8 Å². The predicted octanol–water partition coefficient (Wildman–Crippen LogP) is 4.01. The van der Waals surface area contributed by atoms with E-state index in [2.05, 4.69) is 37.3 Å². The molecule has 0 amide bonds. The Labute approximate surface area is 205 Å². The minimum Gasteiger partial charge on any atom is -0.494 e. The van der Waals surface area contributed by atoms with Crippen molar-refractivity contribution in [1.29, 1.82) is 0 Å². The first kappa shape index (κ1) is 24.3. The summed E-state index contributed by atoms with van der Waals surface area (Å²) in [4.78, 5) is 17.5. The van der Waals surface area contributed by atoms with Gasteiger partial charge >= 0.3 is 0 Å². The highest BCUT2D eigenvalue weighted by Crippen LogP contribution is 2.19. The van der Waals surface area contributed by atoms with E-state index in [4.69, 9.17) is 16.3 Å². The first-order valence-corrected chi connectivity index (χ1v) is 12.2. The highest BCUT2D eigenvalue weighted by molar-refractivity contribution is 6.30. The maximum atomic E-state index is 12.5. The van der Waals surface area contributed by atoms with Crippen molar-refractivity contribution in [2.45, 2.75) is 32.2 Å². The van der Waals surface area contributed by atoms with Crippen LogP contribution in [0, 0.1) is 0 Å². The SMILES string of the molecule is CC(c1nn[nH]n1)N1CCN(CCCCCOc2ccc(C(=O)c3ccc(Cl)cc3)cc2)CC1. The summed E-state index contributed by atoms with van der Waals surface area (Å²) in [6.07, 6.45) is 3.31. The topological polar surface area (TPSA) is 87.2 Å². The standard InChI is InChI=1S/C25H31ClN6O2/c1-19(25-27-29-30-28-25)32-16-14-31(15-17-32)13-3-2-4-18-34-23-11-7-21(8-12-23)24(33)20-5-9-22(26)10-6-20/h5-12,19H,2-4,13-18H2,1H3,(H,27,28,29,30). The number of tetrazole rings is 1. The van der Waals surface area contributed by atoms with Crippen molar-refractivity contribution in [3.05, 3.63) is 70.5 Å². The number of nitrogens with zero attached hydrogens (tertiary/aromatic N) is 5. The van der Waals surface area contributed by atoms with Crippen LogP contribution in [0.25, 0.3) is 0 Å². The summed E-state index contributed by atoms with van der Waals surface area (Å²) in [5, 5.41) is 15.0. The molecule has 1 aromatic heterocycles. The zero-order valence-corrected chi connectivity index (χ0v) is 20.2. The molecule has 8 nitrogen and oxygen atoms in total. The number of H-pyrrole nitrogens is 1. The molecule has 3 aromatic rings. The largest absolute Gasteiger partial charge is 0.494 e. The number of hydrogen-bond acceptors (Lipinski definition) is 7. The molecule has 1 saturated heterocycles. The van der Waals surface area contributed by atoms with Crippen LogP contribution in [0.3, 0.4) is 0 Å². The van der Waals surface area contributed by atoms with Gasteiger partial charge in [0.2, 0.25) is 0 Å². The number of benzene rings is 2. The third kappa shape index (κ3) is 6.62. The minimum atomic E-state index is -0.0201. The molecule has 1 aliphatic heterocycles. The third-order valence-corrected chi connectivity index (χ3v) is 6.55. The number of carbonyl (C=O) groups is 1. The molecule has 0 bridgehead atoms. The van der Waals surface area contributed by atoms with E-state index >= 15 is 0 Å². The van der Waals surface area contributed by atoms with Crippen molar-refractivity contribution in [2.24, 2.45) is 0 Å². The summed E-state index contributed by atoms with van der Waals surface area (Å²) in [6.45, 7) is 8.11. The first-order valence-electron chi connectivity index (χ1n) is 11.8. The molecule has 1 N–H and O–H groups in total. The zero-order valence-electron chi connectivity index (χ0n) is 19.5. The monoisotopic (exact) mass is 482 g/mol. The second-order valence-electron chi connectivity index (χ2n) is 8.59. The van der Waals surface area contributed by atoms with Crippen LogP contribution in [0.2, 0.25) is 5.02 Å². The Hall–Kier alpha value is -2.81. The minimum absolute atomic E-state index is 0.0201. The van der Waals surface area contributed by atoms with Crippen LogP contribution in [-0.4, -0.2) is 75.5 Å². The van der Waals surface area contributed by atoms with Crippen molar-refractivity contribution in [3.63, 3.8) is 0 Å². The molecule has 9 heteroatoms. The number of halogens is 1. The number of ether oxygens (including phenoxy) is 1. The number of nitrogens with one attached hydrogen (secondary N) is 1. The lowest BCUT2D eigenvalue weighted by molar-refractivity contribution is 0.0976. The van der Waals surface area contributed by atoms with Crippen molar-refractivity contribution in [1.82, 2.24) is 30.4 Å². The molecule has 34 heavy (non-hydrogen) atoms. The van der Waals surface area contributed by atoms with E-state index in [9.17, 15) is 4.79 Å². The van der Waals surface area contributed by atoms with Crippen LogP contribution >= 0.6 is 11.6 Å². The maximum absolute atomic E-state index is 12.5. The molecule has 2 heterocycles. The molecule has 2 aromatic carbocycles. The summed E-state index contributed by atoms with van der Waals surface area (Å²) < 4.78 is 5.86. The molecule has 4 rings (SSSR count). The Kier molecular flexibility index (Phi) is 8.62. The van der Waals surface area contributed by atoms with E-state index in [0.717, 1.165) is 63.6 Å². The van der Waals surface area contributed by atoms with E-state index in [1.807, 2.05) is 24.3 Å². The van der Waals surface area contributed by atoms with Crippen LogP contribution in [-0.2, 0) is 0 Å². The summed E-state index contributed by atoms with van der Waals surface area (Å²) in [5.74, 6) is 1.53. The molecule has 1 atom stereocenters. The zero-order chi connectivity index (χ0) is 23.8. The number of unbranched alkanes of at least 4 members (excludes halogenated alkanes) is 2. The number of hydrogen-bond donors (Lipinski definition) is 1. The summed E-state index contributed by atoms with van der Waals surface area (Å²) in [6, 6.07) is 14.5. The van der Waals surface area contributed by atoms with Crippen molar-refractivity contribution >= 4 is 17.4 Å². The number of rotatable bonds is 11. The van der Waals surface area contributed by atoms with E-state index in [1.54, 1.807) is 24.3 Å². The second-order valence-corrected chi connectivity index (χ2v) is 9.03. The normalized spacial score (nSPS) is 15.8. The molecule has 0 saturated carbocycles. The molecule has 0 radical (unpaired) electrons. The fourth-order valence-corrected chi connectivity index (χ4v) is 4.28. The van der Waals surface area contributed by atoms with Crippen LogP contribution in [0.5, 0.6) is 5.75 Å². The average molecular weight is 483 g/mol. The van der Waals surface area contributed by atoms with Crippen LogP contribution < -0.4 is 4.74 Å². The van der Waals surface area contributed by atoms with Gasteiger partial charge in [-0.3, -0.25) is 9.69 Å². The second kappa shape index (κ2) is 12.1. The molecule has 180 valence electrons. The smallest absolute Gasteiger partial charge is 0.193 e. The Morgan fingerprint density at radius 1 is 1.00 bits per heavy atom.